The van der Waals surface area contributed by atoms with Gasteiger partial charge in [-0.1, -0.05) is 59.6 Å². The van der Waals surface area contributed by atoms with Crippen LogP contribution in [0.15, 0.2) is 53.3 Å². The van der Waals surface area contributed by atoms with Crippen LogP contribution >= 0.6 is 23.2 Å². The SMILES string of the molecule is Cc1ccc(OC(C)C(=O)Nc2nc3c(Cl)c(-c4ccccc4)[nH]n3c(=O)c2C)c(Cl)c1. The van der Waals surface area contributed by atoms with E-state index >= 15 is 0 Å². The molecule has 1 unspecified atom stereocenters. The minimum absolute atomic E-state index is 0.117. The van der Waals surface area contributed by atoms with E-state index in [4.69, 9.17) is 27.9 Å². The van der Waals surface area contributed by atoms with E-state index in [2.05, 4.69) is 15.4 Å². The summed E-state index contributed by atoms with van der Waals surface area (Å²) < 4.78 is 6.96. The summed E-state index contributed by atoms with van der Waals surface area (Å²) >= 11 is 12.7. The highest BCUT2D eigenvalue weighted by Gasteiger charge is 2.22. The Hall–Kier alpha value is -3.29. The lowest BCUT2D eigenvalue weighted by atomic mass is 10.1. The number of H-pyrrole nitrogens is 1. The standard InChI is InChI=1S/C23H20Cl2N4O3/c1-12-9-10-17(16(24)11-12)32-14(3)22(30)27-20-13(2)23(31)29-21(26-20)18(25)19(28-29)15-7-5-4-6-8-15/h4-11,14,28H,1-3H3,(H,27,30). The number of carbonyl (C=O) groups excluding carboxylic acids is 1. The molecule has 0 bridgehead atoms. The fourth-order valence-corrected chi connectivity index (χ4v) is 3.77. The number of benzene rings is 2. The molecule has 1 atom stereocenters. The van der Waals surface area contributed by atoms with Gasteiger partial charge in [0.25, 0.3) is 11.5 Å². The summed E-state index contributed by atoms with van der Waals surface area (Å²) in [6, 6.07) is 14.6. The van der Waals surface area contributed by atoms with Crippen molar-refractivity contribution >= 4 is 40.6 Å². The van der Waals surface area contributed by atoms with Crippen molar-refractivity contribution in [1.29, 1.82) is 0 Å². The van der Waals surface area contributed by atoms with Crippen LogP contribution in [0.2, 0.25) is 10.0 Å². The van der Waals surface area contributed by atoms with Gasteiger partial charge in [-0.05, 0) is 38.5 Å². The molecule has 9 heteroatoms. The molecular weight excluding hydrogens is 451 g/mol. The van der Waals surface area contributed by atoms with Crippen LogP contribution in [-0.2, 0) is 4.79 Å². The molecule has 2 aromatic carbocycles. The number of carbonyl (C=O) groups is 1. The van der Waals surface area contributed by atoms with Gasteiger partial charge in [-0.2, -0.15) is 4.52 Å². The number of hydrogen-bond acceptors (Lipinski definition) is 4. The molecule has 32 heavy (non-hydrogen) atoms. The number of fused-ring (bicyclic) bond motifs is 1. The molecule has 1 amide bonds. The molecule has 0 saturated heterocycles. The number of aryl methyl sites for hydroxylation is 1. The van der Waals surface area contributed by atoms with Crippen LogP contribution in [0.1, 0.15) is 18.1 Å². The molecule has 2 N–H and O–H groups in total. The lowest BCUT2D eigenvalue weighted by Gasteiger charge is -2.16. The molecule has 0 saturated carbocycles. The van der Waals surface area contributed by atoms with Gasteiger partial charge in [0.2, 0.25) is 0 Å². The van der Waals surface area contributed by atoms with Gasteiger partial charge in [-0.15, -0.1) is 0 Å². The van der Waals surface area contributed by atoms with Gasteiger partial charge in [-0.3, -0.25) is 14.7 Å². The van der Waals surface area contributed by atoms with Gasteiger partial charge in [-0.25, -0.2) is 4.98 Å². The van der Waals surface area contributed by atoms with Crippen molar-refractivity contribution in [2.24, 2.45) is 0 Å². The van der Waals surface area contributed by atoms with Crippen molar-refractivity contribution in [2.45, 2.75) is 26.9 Å². The van der Waals surface area contributed by atoms with Crippen molar-refractivity contribution in [3.63, 3.8) is 0 Å². The van der Waals surface area contributed by atoms with Crippen molar-refractivity contribution in [2.75, 3.05) is 5.32 Å². The maximum atomic E-state index is 12.9. The second-order valence-corrected chi connectivity index (χ2v) is 8.18. The van der Waals surface area contributed by atoms with Gasteiger partial charge in [0.05, 0.1) is 16.3 Å². The summed E-state index contributed by atoms with van der Waals surface area (Å²) in [5, 5.41) is 6.35. The van der Waals surface area contributed by atoms with Crippen LogP contribution < -0.4 is 15.6 Å². The van der Waals surface area contributed by atoms with Gasteiger partial charge in [0.15, 0.2) is 11.8 Å². The quantitative estimate of drug-likeness (QED) is 0.428. The van der Waals surface area contributed by atoms with Crippen molar-refractivity contribution < 1.29 is 9.53 Å². The fraction of sp³-hybridized carbons (Fsp3) is 0.174. The largest absolute Gasteiger partial charge is 0.479 e. The van der Waals surface area contributed by atoms with Gasteiger partial charge in [0, 0.05) is 5.56 Å². The van der Waals surface area contributed by atoms with Gasteiger partial charge < -0.3 is 10.1 Å². The Kier molecular flexibility index (Phi) is 5.95. The number of ether oxygens (including phenoxy) is 1. The highest BCUT2D eigenvalue weighted by molar-refractivity contribution is 6.36. The third-order valence-corrected chi connectivity index (χ3v) is 5.67. The molecule has 4 rings (SSSR count). The lowest BCUT2D eigenvalue weighted by molar-refractivity contribution is -0.122. The zero-order valence-electron chi connectivity index (χ0n) is 17.6. The number of nitrogens with one attached hydrogen (secondary N) is 2. The van der Waals surface area contributed by atoms with Gasteiger partial charge in [0.1, 0.15) is 16.6 Å². The Morgan fingerprint density at radius 1 is 1.16 bits per heavy atom. The van der Waals surface area contributed by atoms with Crippen LogP contribution in [0.5, 0.6) is 5.75 Å². The Morgan fingerprint density at radius 3 is 2.56 bits per heavy atom. The molecule has 2 aromatic heterocycles. The zero-order valence-corrected chi connectivity index (χ0v) is 19.1. The van der Waals surface area contributed by atoms with Crippen LogP contribution in [0.4, 0.5) is 5.82 Å². The molecule has 0 aliphatic rings. The average Bonchev–Trinajstić information content (AvgIpc) is 3.10. The number of nitrogens with zero attached hydrogens (tertiary/aromatic N) is 2. The molecule has 164 valence electrons. The fourth-order valence-electron chi connectivity index (χ4n) is 3.21. The predicted octanol–water partition coefficient (Wildman–Crippen LogP) is 5.02. The Morgan fingerprint density at radius 2 is 1.88 bits per heavy atom. The van der Waals surface area contributed by atoms with E-state index < -0.39 is 12.0 Å². The highest BCUT2D eigenvalue weighted by Crippen LogP contribution is 2.30. The lowest BCUT2D eigenvalue weighted by Crippen LogP contribution is -2.32. The minimum Gasteiger partial charge on any atom is -0.479 e. The monoisotopic (exact) mass is 470 g/mol. The van der Waals surface area contributed by atoms with E-state index in [1.807, 2.05) is 43.3 Å². The van der Waals surface area contributed by atoms with Crippen molar-refractivity contribution in [1.82, 2.24) is 14.6 Å². The highest BCUT2D eigenvalue weighted by atomic mass is 35.5. The summed E-state index contributed by atoms with van der Waals surface area (Å²) in [5.41, 5.74) is 2.45. The molecular formula is C23H20Cl2N4O3. The first-order valence-electron chi connectivity index (χ1n) is 9.86. The average molecular weight is 471 g/mol. The van der Waals surface area contributed by atoms with E-state index in [1.165, 1.54) is 4.52 Å². The normalized spacial score (nSPS) is 12.0. The predicted molar refractivity (Wildman–Crippen MR) is 126 cm³/mol. The number of halogens is 2. The summed E-state index contributed by atoms with van der Waals surface area (Å²) in [4.78, 5) is 30.1. The number of amides is 1. The van der Waals surface area contributed by atoms with E-state index in [9.17, 15) is 9.59 Å². The molecule has 2 heterocycles. The first-order chi connectivity index (χ1) is 15.3. The van der Waals surface area contributed by atoms with Crippen LogP contribution in [-0.4, -0.2) is 26.6 Å². The summed E-state index contributed by atoms with van der Waals surface area (Å²) in [6.45, 7) is 5.07. The Balaban J connectivity index is 1.64. The van der Waals surface area contributed by atoms with Crippen LogP contribution in [0.25, 0.3) is 16.9 Å². The second kappa shape index (κ2) is 8.68. The summed E-state index contributed by atoms with van der Waals surface area (Å²) in [5.74, 6) is 0.0307. The smallest absolute Gasteiger partial charge is 0.277 e. The number of aromatic nitrogens is 3. The second-order valence-electron chi connectivity index (χ2n) is 7.40. The third kappa shape index (κ3) is 4.09. The Bertz CT molecular complexity index is 1380. The summed E-state index contributed by atoms with van der Waals surface area (Å²) in [7, 11) is 0. The van der Waals surface area contributed by atoms with E-state index in [-0.39, 0.29) is 27.6 Å². The van der Waals surface area contributed by atoms with Crippen LogP contribution in [0, 0.1) is 13.8 Å². The van der Waals surface area contributed by atoms with E-state index in [1.54, 1.807) is 26.0 Å². The molecule has 0 aliphatic heterocycles. The maximum Gasteiger partial charge on any atom is 0.277 e. The molecule has 7 nitrogen and oxygen atoms in total. The van der Waals surface area contributed by atoms with Crippen molar-refractivity contribution in [3.05, 3.63) is 80.1 Å². The number of hydrogen-bond donors (Lipinski definition) is 2. The number of anilines is 1. The zero-order chi connectivity index (χ0) is 23.0. The summed E-state index contributed by atoms with van der Waals surface area (Å²) in [6.07, 6.45) is -0.878. The van der Waals surface area contributed by atoms with Gasteiger partial charge >= 0.3 is 0 Å². The molecule has 0 fully saturated rings. The third-order valence-electron chi connectivity index (χ3n) is 5.01. The maximum absolute atomic E-state index is 12.9. The molecule has 0 radical (unpaired) electrons. The van der Waals surface area contributed by atoms with Crippen molar-refractivity contribution in [3.8, 4) is 17.0 Å². The Labute approximate surface area is 193 Å². The molecule has 4 aromatic rings. The molecule has 0 spiro atoms. The topological polar surface area (TPSA) is 88.5 Å². The molecule has 0 aliphatic carbocycles. The van der Waals surface area contributed by atoms with E-state index in [0.29, 0.717) is 16.5 Å². The first-order valence-corrected chi connectivity index (χ1v) is 10.6. The van der Waals surface area contributed by atoms with E-state index in [0.717, 1.165) is 11.1 Å². The number of aromatic amines is 1. The number of rotatable bonds is 5. The minimum atomic E-state index is -0.878. The van der Waals surface area contributed by atoms with Crippen LogP contribution in [0.3, 0.4) is 0 Å². The first kappa shape index (κ1) is 21.9.